The first-order valence-corrected chi connectivity index (χ1v) is 6.68. The van der Waals surface area contributed by atoms with Crippen molar-refractivity contribution >= 4 is 22.6 Å². The van der Waals surface area contributed by atoms with Gasteiger partial charge in [0.25, 0.3) is 0 Å². The van der Waals surface area contributed by atoms with Gasteiger partial charge in [-0.3, -0.25) is 0 Å². The van der Waals surface area contributed by atoms with Crippen LogP contribution in [-0.4, -0.2) is 9.97 Å². The zero-order valence-corrected chi connectivity index (χ0v) is 11.4. The minimum Gasteiger partial charge on any atom is -0.341 e. The highest BCUT2D eigenvalue weighted by Gasteiger charge is 2.03. The van der Waals surface area contributed by atoms with E-state index in [-0.39, 0.29) is 5.02 Å². The van der Waals surface area contributed by atoms with Gasteiger partial charge in [0.15, 0.2) is 0 Å². The molecule has 5 heteroatoms. The summed E-state index contributed by atoms with van der Waals surface area (Å²) in [4.78, 5) is 7.71. The van der Waals surface area contributed by atoms with E-state index in [2.05, 4.69) is 15.3 Å². The molecule has 1 aromatic heterocycles. The first-order valence-electron chi connectivity index (χ1n) is 6.30. The number of fused-ring (bicyclic) bond motifs is 1. The fraction of sp³-hybridized carbons (Fsp3) is 0.133. The number of hydrogen-bond donors (Lipinski definition) is 2. The molecule has 20 heavy (non-hydrogen) atoms. The smallest absolute Gasteiger partial charge is 0.141 e. The molecule has 0 amide bonds. The van der Waals surface area contributed by atoms with Gasteiger partial charge in [-0.05, 0) is 29.8 Å². The molecule has 0 aliphatic heterocycles. The number of hydrogen-bond acceptors (Lipinski definition) is 2. The molecular weight excluding hydrogens is 277 g/mol. The first kappa shape index (κ1) is 13.1. The molecule has 0 unspecified atom stereocenters. The minimum atomic E-state index is -0.396. The molecule has 102 valence electrons. The van der Waals surface area contributed by atoms with Gasteiger partial charge in [0.05, 0.1) is 22.6 Å². The van der Waals surface area contributed by atoms with Crippen LogP contribution in [0.4, 0.5) is 4.39 Å². The quantitative estimate of drug-likeness (QED) is 0.770. The van der Waals surface area contributed by atoms with E-state index in [0.717, 1.165) is 22.4 Å². The first-order chi connectivity index (χ1) is 9.72. The van der Waals surface area contributed by atoms with Crippen molar-refractivity contribution in [3.8, 4) is 0 Å². The Bertz CT molecular complexity index is 706. The normalized spacial score (nSPS) is 11.1. The molecule has 2 N–H and O–H groups in total. The molecule has 3 nitrogen and oxygen atoms in total. The number of para-hydroxylation sites is 2. The van der Waals surface area contributed by atoms with E-state index in [1.54, 1.807) is 12.1 Å². The highest BCUT2D eigenvalue weighted by molar-refractivity contribution is 6.30. The molecule has 0 saturated carbocycles. The van der Waals surface area contributed by atoms with Crippen LogP contribution in [0.15, 0.2) is 42.5 Å². The topological polar surface area (TPSA) is 40.7 Å². The molecule has 0 aliphatic rings. The molecule has 1 heterocycles. The van der Waals surface area contributed by atoms with Gasteiger partial charge >= 0.3 is 0 Å². The summed E-state index contributed by atoms with van der Waals surface area (Å²) in [5.74, 6) is 0.479. The fourth-order valence-electron chi connectivity index (χ4n) is 2.06. The summed E-state index contributed by atoms with van der Waals surface area (Å²) >= 11 is 5.74. The number of halogens is 2. The van der Waals surface area contributed by atoms with Gasteiger partial charge in [-0.1, -0.05) is 29.8 Å². The lowest BCUT2D eigenvalue weighted by atomic mass is 10.2. The molecule has 0 atom stereocenters. The van der Waals surface area contributed by atoms with Gasteiger partial charge in [0.2, 0.25) is 0 Å². The van der Waals surface area contributed by atoms with Gasteiger partial charge in [-0.15, -0.1) is 0 Å². The van der Waals surface area contributed by atoms with Crippen molar-refractivity contribution in [2.45, 2.75) is 13.1 Å². The van der Waals surface area contributed by atoms with Crippen LogP contribution < -0.4 is 5.32 Å². The fourth-order valence-corrected chi connectivity index (χ4v) is 2.27. The van der Waals surface area contributed by atoms with Gasteiger partial charge < -0.3 is 10.3 Å². The molecule has 3 aromatic rings. The van der Waals surface area contributed by atoms with Crippen molar-refractivity contribution in [2.24, 2.45) is 0 Å². The second-order valence-corrected chi connectivity index (χ2v) is 4.96. The van der Waals surface area contributed by atoms with E-state index in [9.17, 15) is 4.39 Å². The standard InChI is InChI=1S/C15H13ClFN3/c16-11-7-10(5-6-12(11)17)8-18-9-15-19-13-3-1-2-4-14(13)20-15/h1-7,18H,8-9H2,(H,19,20). The van der Waals surface area contributed by atoms with Crippen LogP contribution in [0, 0.1) is 5.82 Å². The van der Waals surface area contributed by atoms with Crippen LogP contribution >= 0.6 is 11.6 Å². The van der Waals surface area contributed by atoms with Gasteiger partial charge in [0.1, 0.15) is 11.6 Å². The molecule has 2 aromatic carbocycles. The predicted octanol–water partition coefficient (Wildman–Crippen LogP) is 3.65. The summed E-state index contributed by atoms with van der Waals surface area (Å²) in [5, 5.41) is 3.40. The van der Waals surface area contributed by atoms with Crippen LogP contribution in [0.3, 0.4) is 0 Å². The van der Waals surface area contributed by atoms with Gasteiger partial charge in [-0.2, -0.15) is 0 Å². The number of benzene rings is 2. The van der Waals surface area contributed by atoms with Crippen LogP contribution in [0.2, 0.25) is 5.02 Å². The zero-order chi connectivity index (χ0) is 13.9. The average Bonchev–Trinajstić information content (AvgIpc) is 2.85. The van der Waals surface area contributed by atoms with E-state index in [0.29, 0.717) is 13.1 Å². The molecule has 0 aliphatic carbocycles. The summed E-state index contributed by atoms with van der Waals surface area (Å²) in [5.41, 5.74) is 2.91. The van der Waals surface area contributed by atoms with Crippen molar-refractivity contribution < 1.29 is 4.39 Å². The Morgan fingerprint density at radius 3 is 2.80 bits per heavy atom. The lowest BCUT2D eigenvalue weighted by Gasteiger charge is -2.04. The summed E-state index contributed by atoms with van der Waals surface area (Å²) < 4.78 is 13.0. The second kappa shape index (κ2) is 5.61. The van der Waals surface area contributed by atoms with Crippen LogP contribution in [0.25, 0.3) is 11.0 Å². The Kier molecular flexibility index (Phi) is 3.67. The predicted molar refractivity (Wildman–Crippen MR) is 78.0 cm³/mol. The number of aromatic amines is 1. The van der Waals surface area contributed by atoms with Gasteiger partial charge in [-0.25, -0.2) is 9.37 Å². The van der Waals surface area contributed by atoms with Crippen LogP contribution in [0.5, 0.6) is 0 Å². The van der Waals surface area contributed by atoms with E-state index in [4.69, 9.17) is 11.6 Å². The molecule has 0 bridgehead atoms. The number of nitrogens with one attached hydrogen (secondary N) is 2. The summed E-state index contributed by atoms with van der Waals surface area (Å²) in [6.45, 7) is 1.22. The second-order valence-electron chi connectivity index (χ2n) is 4.55. The Balaban J connectivity index is 1.63. The Morgan fingerprint density at radius 2 is 2.00 bits per heavy atom. The number of nitrogens with zero attached hydrogens (tertiary/aromatic N) is 1. The maximum absolute atomic E-state index is 13.0. The number of rotatable bonds is 4. The lowest BCUT2D eigenvalue weighted by Crippen LogP contribution is -2.13. The molecule has 0 fully saturated rings. The molecule has 0 radical (unpaired) electrons. The third-order valence-corrected chi connectivity index (χ3v) is 3.33. The SMILES string of the molecule is Fc1ccc(CNCc2nc3ccccc3[nH]2)cc1Cl. The zero-order valence-electron chi connectivity index (χ0n) is 10.7. The van der Waals surface area contributed by atoms with E-state index in [1.165, 1.54) is 6.07 Å². The molecule has 3 rings (SSSR count). The molecular formula is C15H13ClFN3. The van der Waals surface area contributed by atoms with Crippen molar-refractivity contribution in [1.29, 1.82) is 0 Å². The van der Waals surface area contributed by atoms with Crippen LogP contribution in [0.1, 0.15) is 11.4 Å². The minimum absolute atomic E-state index is 0.146. The van der Waals surface area contributed by atoms with Crippen LogP contribution in [-0.2, 0) is 13.1 Å². The van der Waals surface area contributed by atoms with E-state index >= 15 is 0 Å². The van der Waals surface area contributed by atoms with E-state index in [1.807, 2.05) is 24.3 Å². The van der Waals surface area contributed by atoms with Crippen molar-refractivity contribution in [3.05, 3.63) is 64.7 Å². The molecule has 0 saturated heterocycles. The van der Waals surface area contributed by atoms with E-state index < -0.39 is 5.82 Å². The van der Waals surface area contributed by atoms with Crippen molar-refractivity contribution in [2.75, 3.05) is 0 Å². The maximum atomic E-state index is 13.0. The lowest BCUT2D eigenvalue weighted by molar-refractivity contribution is 0.624. The third-order valence-electron chi connectivity index (χ3n) is 3.04. The highest BCUT2D eigenvalue weighted by atomic mass is 35.5. The largest absolute Gasteiger partial charge is 0.341 e. The Labute approximate surface area is 120 Å². The molecule has 0 spiro atoms. The summed E-state index contributed by atoms with van der Waals surface area (Å²) in [6.07, 6.45) is 0. The number of imidazole rings is 1. The maximum Gasteiger partial charge on any atom is 0.141 e. The third kappa shape index (κ3) is 2.81. The van der Waals surface area contributed by atoms with Gasteiger partial charge in [0, 0.05) is 6.54 Å². The summed E-state index contributed by atoms with van der Waals surface area (Å²) in [7, 11) is 0. The average molecular weight is 290 g/mol. The number of aromatic nitrogens is 2. The highest BCUT2D eigenvalue weighted by Crippen LogP contribution is 2.16. The number of H-pyrrole nitrogens is 1. The Morgan fingerprint density at radius 1 is 1.15 bits per heavy atom. The monoisotopic (exact) mass is 289 g/mol. The summed E-state index contributed by atoms with van der Waals surface area (Å²) in [6, 6.07) is 12.6. The van der Waals surface area contributed by atoms with Crippen molar-refractivity contribution in [3.63, 3.8) is 0 Å². The Hall–Kier alpha value is -1.91. The van der Waals surface area contributed by atoms with Crippen molar-refractivity contribution in [1.82, 2.24) is 15.3 Å².